The lowest BCUT2D eigenvalue weighted by atomic mass is 10.2. The molecule has 1 heterocycles. The maximum Gasteiger partial charge on any atom is 0.342 e. The van der Waals surface area contributed by atoms with Crippen LogP contribution in [0.4, 0.5) is 0 Å². The van der Waals surface area contributed by atoms with Gasteiger partial charge in [0.05, 0.1) is 15.1 Å². The minimum absolute atomic E-state index is 0.0740. The second kappa shape index (κ2) is 7.62. The molecule has 1 saturated heterocycles. The molecule has 22 heavy (non-hydrogen) atoms. The van der Waals surface area contributed by atoms with Crippen molar-refractivity contribution in [1.82, 2.24) is 4.90 Å². The van der Waals surface area contributed by atoms with E-state index in [0.717, 1.165) is 3.57 Å². The molecule has 2 rings (SSSR count). The average molecular weight is 551 g/mol. The van der Waals surface area contributed by atoms with Gasteiger partial charge in [0, 0.05) is 23.2 Å². The molecule has 1 aliphatic rings. The molecule has 0 aromatic heterocycles. The van der Waals surface area contributed by atoms with E-state index < -0.39 is 15.8 Å². The maximum atomic E-state index is 12.0. The minimum atomic E-state index is -2.90. The summed E-state index contributed by atoms with van der Waals surface area (Å²) in [5.41, 5.74) is 0.150. The van der Waals surface area contributed by atoms with Crippen molar-refractivity contribution in [3.63, 3.8) is 0 Å². The minimum Gasteiger partial charge on any atom is -0.506 e. The van der Waals surface area contributed by atoms with Crippen LogP contribution in [0, 0.1) is 7.14 Å². The van der Waals surface area contributed by atoms with Crippen LogP contribution < -0.4 is 0 Å². The molecule has 0 spiro atoms. The van der Waals surface area contributed by atoms with Crippen molar-refractivity contribution in [2.75, 3.05) is 37.7 Å². The summed E-state index contributed by atoms with van der Waals surface area (Å²) in [4.78, 5) is 14.0. The Morgan fingerprint density at radius 3 is 2.55 bits per heavy atom. The number of hydrogen-bond acceptors (Lipinski definition) is 6. The standard InChI is InChI=1S/C13H15I2NO5S/c14-9-7-10(12(17)11(15)8-9)13(18)21-4-1-16-2-5-22(19,20)6-3-16/h7-8,17H,1-6H2. The Morgan fingerprint density at radius 2 is 1.91 bits per heavy atom. The van der Waals surface area contributed by atoms with Gasteiger partial charge in [0.1, 0.15) is 17.9 Å². The third kappa shape index (κ3) is 4.93. The van der Waals surface area contributed by atoms with Gasteiger partial charge in [-0.05, 0) is 57.3 Å². The van der Waals surface area contributed by atoms with Gasteiger partial charge in [-0.25, -0.2) is 13.2 Å². The fourth-order valence-electron chi connectivity index (χ4n) is 2.04. The highest BCUT2D eigenvalue weighted by atomic mass is 127. The van der Waals surface area contributed by atoms with Gasteiger partial charge in [0.2, 0.25) is 0 Å². The normalized spacial score (nSPS) is 18.1. The number of esters is 1. The lowest BCUT2D eigenvalue weighted by Crippen LogP contribution is -2.41. The van der Waals surface area contributed by atoms with Crippen LogP contribution in [-0.2, 0) is 14.6 Å². The number of carbonyl (C=O) groups excluding carboxylic acids is 1. The van der Waals surface area contributed by atoms with E-state index in [2.05, 4.69) is 22.6 Å². The first-order valence-corrected chi connectivity index (χ1v) is 10.5. The van der Waals surface area contributed by atoms with Gasteiger partial charge >= 0.3 is 5.97 Å². The molecule has 0 amide bonds. The SMILES string of the molecule is O=C(OCCN1CCS(=O)(=O)CC1)c1cc(I)cc(I)c1O. The van der Waals surface area contributed by atoms with Crippen LogP contribution in [0.25, 0.3) is 0 Å². The smallest absolute Gasteiger partial charge is 0.342 e. The third-order valence-corrected chi connectivity index (χ3v) is 6.38. The fraction of sp³-hybridized carbons (Fsp3) is 0.462. The van der Waals surface area contributed by atoms with Crippen molar-refractivity contribution in [1.29, 1.82) is 0 Å². The second-order valence-corrected chi connectivity index (χ2v) is 9.62. The van der Waals surface area contributed by atoms with Crippen LogP contribution in [0.5, 0.6) is 5.75 Å². The van der Waals surface area contributed by atoms with Crippen LogP contribution >= 0.6 is 45.2 Å². The van der Waals surface area contributed by atoms with Gasteiger partial charge in [0.15, 0.2) is 9.84 Å². The number of rotatable bonds is 4. The molecule has 1 aromatic carbocycles. The van der Waals surface area contributed by atoms with Gasteiger partial charge < -0.3 is 9.84 Å². The van der Waals surface area contributed by atoms with Gasteiger partial charge in [-0.3, -0.25) is 4.90 Å². The molecule has 0 saturated carbocycles. The highest BCUT2D eigenvalue weighted by molar-refractivity contribution is 14.1. The van der Waals surface area contributed by atoms with E-state index in [0.29, 0.717) is 23.2 Å². The Labute approximate surface area is 156 Å². The van der Waals surface area contributed by atoms with Crippen molar-refractivity contribution < 1.29 is 23.1 Å². The van der Waals surface area contributed by atoms with E-state index >= 15 is 0 Å². The summed E-state index contributed by atoms with van der Waals surface area (Å²) in [5, 5.41) is 9.91. The molecule has 1 N–H and O–H groups in total. The quantitative estimate of drug-likeness (QED) is 0.452. The first-order chi connectivity index (χ1) is 10.3. The summed E-state index contributed by atoms with van der Waals surface area (Å²) >= 11 is 4.03. The van der Waals surface area contributed by atoms with Crippen molar-refractivity contribution in [2.45, 2.75) is 0 Å². The number of carbonyl (C=O) groups is 1. The lowest BCUT2D eigenvalue weighted by molar-refractivity contribution is 0.0462. The summed E-state index contributed by atoms with van der Waals surface area (Å²) < 4.78 is 29.3. The Morgan fingerprint density at radius 1 is 1.27 bits per heavy atom. The number of halogens is 2. The average Bonchev–Trinajstić information content (AvgIpc) is 2.44. The number of sulfone groups is 1. The highest BCUT2D eigenvalue weighted by Gasteiger charge is 2.22. The van der Waals surface area contributed by atoms with Crippen LogP contribution in [0.2, 0.25) is 0 Å². The molecule has 9 heteroatoms. The topological polar surface area (TPSA) is 83.9 Å². The predicted molar refractivity (Wildman–Crippen MR) is 98.9 cm³/mol. The van der Waals surface area contributed by atoms with Gasteiger partial charge in [-0.2, -0.15) is 0 Å². The molecule has 1 aromatic rings. The van der Waals surface area contributed by atoms with Crippen molar-refractivity contribution in [3.8, 4) is 5.75 Å². The summed E-state index contributed by atoms with van der Waals surface area (Å²) in [6.07, 6.45) is 0. The third-order valence-electron chi connectivity index (χ3n) is 3.33. The molecule has 0 unspecified atom stereocenters. The van der Waals surface area contributed by atoms with Gasteiger partial charge in [-0.15, -0.1) is 0 Å². The van der Waals surface area contributed by atoms with Crippen molar-refractivity contribution in [2.24, 2.45) is 0 Å². The van der Waals surface area contributed by atoms with E-state index in [9.17, 15) is 18.3 Å². The number of ether oxygens (including phenoxy) is 1. The van der Waals surface area contributed by atoms with E-state index in [-0.39, 0.29) is 29.4 Å². The molecule has 1 aliphatic heterocycles. The van der Waals surface area contributed by atoms with Crippen LogP contribution in [0.1, 0.15) is 10.4 Å². The molecule has 0 aliphatic carbocycles. The number of hydrogen-bond donors (Lipinski definition) is 1. The van der Waals surface area contributed by atoms with Gasteiger partial charge in [-0.1, -0.05) is 0 Å². The molecule has 0 radical (unpaired) electrons. The fourth-order valence-corrected chi connectivity index (χ4v) is 5.16. The Kier molecular flexibility index (Phi) is 6.30. The highest BCUT2D eigenvalue weighted by Crippen LogP contribution is 2.27. The summed E-state index contributed by atoms with van der Waals surface area (Å²) in [5.74, 6) is -0.346. The summed E-state index contributed by atoms with van der Waals surface area (Å²) in [6.45, 7) is 1.59. The van der Waals surface area contributed by atoms with Crippen molar-refractivity contribution in [3.05, 3.63) is 24.8 Å². The molecular formula is C13H15I2NO5S. The number of phenols is 1. The first-order valence-electron chi connectivity index (χ1n) is 6.56. The number of benzene rings is 1. The lowest BCUT2D eigenvalue weighted by Gasteiger charge is -2.26. The van der Waals surface area contributed by atoms with E-state index in [1.54, 1.807) is 12.1 Å². The van der Waals surface area contributed by atoms with E-state index in [4.69, 9.17) is 4.74 Å². The number of aromatic hydroxyl groups is 1. The Bertz CT molecular complexity index is 663. The molecule has 0 bridgehead atoms. The molecule has 122 valence electrons. The predicted octanol–water partition coefficient (Wildman–Crippen LogP) is 1.49. The Balaban J connectivity index is 1.86. The van der Waals surface area contributed by atoms with Crippen LogP contribution in [0.15, 0.2) is 12.1 Å². The summed E-state index contributed by atoms with van der Waals surface area (Å²) in [7, 11) is -2.90. The maximum absolute atomic E-state index is 12.0. The largest absolute Gasteiger partial charge is 0.506 e. The van der Waals surface area contributed by atoms with Crippen molar-refractivity contribution >= 4 is 61.0 Å². The summed E-state index contributed by atoms with van der Waals surface area (Å²) in [6, 6.07) is 3.34. The zero-order valence-electron chi connectivity index (χ0n) is 11.6. The zero-order chi connectivity index (χ0) is 16.3. The number of nitrogens with zero attached hydrogens (tertiary/aromatic N) is 1. The van der Waals surface area contributed by atoms with E-state index in [1.165, 1.54) is 0 Å². The van der Waals surface area contributed by atoms with E-state index in [1.807, 2.05) is 27.5 Å². The van der Waals surface area contributed by atoms with Gasteiger partial charge in [0.25, 0.3) is 0 Å². The first kappa shape index (κ1) is 18.2. The molecule has 1 fully saturated rings. The van der Waals surface area contributed by atoms with Crippen LogP contribution in [-0.4, -0.2) is 62.1 Å². The number of phenolic OH excluding ortho intramolecular Hbond substituents is 1. The zero-order valence-corrected chi connectivity index (χ0v) is 16.7. The monoisotopic (exact) mass is 551 g/mol. The Hall–Kier alpha value is -0.140. The molecule has 6 nitrogen and oxygen atoms in total. The molecule has 0 atom stereocenters. The molecular weight excluding hydrogens is 536 g/mol. The second-order valence-electron chi connectivity index (χ2n) is 4.91. The van der Waals surface area contributed by atoms with Crippen LogP contribution in [0.3, 0.4) is 0 Å².